The summed E-state index contributed by atoms with van der Waals surface area (Å²) in [5, 5.41) is 5.06. The van der Waals surface area contributed by atoms with Crippen LogP contribution in [0.2, 0.25) is 0 Å². The number of pyridine rings is 2. The number of esters is 1. The number of fused-ring (bicyclic) bond motifs is 5. The van der Waals surface area contributed by atoms with Gasteiger partial charge in [-0.3, -0.25) is 19.2 Å². The minimum Gasteiger partial charge on any atom is -0.492 e. The molecule has 86 heavy (non-hydrogen) atoms. The smallest absolute Gasteiger partial charge is 0.343 e. The number of hydrogen-bond acceptors (Lipinski definition) is 10. The number of carbonyl (C=O) groups is 3. The quantitative estimate of drug-likeness (QED) is 0.113. The van der Waals surface area contributed by atoms with Crippen LogP contribution in [-0.2, 0) is 40.1 Å². The van der Waals surface area contributed by atoms with Crippen LogP contribution in [0.25, 0.3) is 21.8 Å². The molecule has 0 aliphatic carbocycles. The van der Waals surface area contributed by atoms with Crippen molar-refractivity contribution in [2.45, 2.75) is 157 Å². The lowest BCUT2D eigenvalue weighted by Crippen LogP contribution is -2.53. The Morgan fingerprint density at radius 1 is 0.791 bits per heavy atom. The molecule has 454 valence electrons. The molecule has 0 bridgehead atoms. The van der Waals surface area contributed by atoms with Crippen LogP contribution in [-0.4, -0.2) is 91.9 Å². The molecule has 2 N–H and O–H groups in total. The van der Waals surface area contributed by atoms with E-state index in [4.69, 9.17) is 9.47 Å². The molecule has 0 spiro atoms. The zero-order valence-corrected chi connectivity index (χ0v) is 52.7. The first-order valence-corrected chi connectivity index (χ1v) is 31.6. The molecule has 0 saturated carbocycles. The summed E-state index contributed by atoms with van der Waals surface area (Å²) in [4.78, 5) is 75.9. The number of rotatable bonds is 12. The lowest BCUT2D eigenvalue weighted by molar-refractivity contribution is -0.126. The molecule has 1 saturated heterocycles. The van der Waals surface area contributed by atoms with E-state index >= 15 is 0 Å². The minimum atomic E-state index is -0.660. The first-order chi connectivity index (χ1) is 41.3. The molecule has 12 rings (SSSR count). The van der Waals surface area contributed by atoms with Crippen molar-refractivity contribution in [1.29, 1.82) is 0 Å². The van der Waals surface area contributed by atoms with Gasteiger partial charge >= 0.3 is 5.97 Å². The highest BCUT2D eigenvalue weighted by atomic mass is 16.5. The van der Waals surface area contributed by atoms with Gasteiger partial charge in [-0.2, -0.15) is 0 Å². The zero-order valence-electron chi connectivity index (χ0n) is 52.7. The lowest BCUT2D eigenvalue weighted by Gasteiger charge is -2.50. The number of piperidine rings is 1. The Morgan fingerprint density at radius 2 is 1.50 bits per heavy atom. The Morgan fingerprint density at radius 3 is 2.17 bits per heavy atom. The SMILES string of the molecule is CCOC(=O)c1cc2cc3c4c(c2n(CC)c1=O)CCCN4C(C)(C)CC3C.CCOc1cc2c(cc1N1CCCCC1)N(C)C(=O)C(NC(C)=O)C2c1ccccc1.Cc1c(Cc2ccccc2)c(=O)[nH]c2cc3c(cc12)CCCN3CC(C)C. The maximum atomic E-state index is 13.4. The van der Waals surface area contributed by atoms with Crippen LogP contribution in [0.15, 0.2) is 107 Å². The minimum absolute atomic E-state index is 0.0371. The number of likely N-dealkylation sites (N-methyl/N-ethyl adjacent to an activating group) is 1. The van der Waals surface area contributed by atoms with Gasteiger partial charge in [0.05, 0.1) is 29.9 Å². The van der Waals surface area contributed by atoms with Crippen LogP contribution in [0.3, 0.4) is 0 Å². The van der Waals surface area contributed by atoms with Gasteiger partial charge in [-0.1, -0.05) is 81.4 Å². The average Bonchev–Trinajstić information content (AvgIpc) is 0.868. The molecule has 1 fully saturated rings. The van der Waals surface area contributed by atoms with E-state index in [2.05, 4.69) is 109 Å². The van der Waals surface area contributed by atoms with E-state index in [1.165, 1.54) is 58.8 Å². The fourth-order valence-corrected chi connectivity index (χ4v) is 14.5. The Hall–Kier alpha value is -7.87. The van der Waals surface area contributed by atoms with Crippen molar-refractivity contribution in [2.75, 3.05) is 72.6 Å². The van der Waals surface area contributed by atoms with Gasteiger partial charge in [0.15, 0.2) is 0 Å². The number of carbonyl (C=O) groups excluding carboxylic acids is 3. The maximum absolute atomic E-state index is 13.4. The second-order valence-electron chi connectivity index (χ2n) is 25.2. The third-order valence-electron chi connectivity index (χ3n) is 18.3. The molecular weight excluding hydrogens is 1070 g/mol. The molecule has 2 aromatic heterocycles. The summed E-state index contributed by atoms with van der Waals surface area (Å²) in [6.45, 7) is 27.3. The van der Waals surface area contributed by atoms with Gasteiger partial charge in [-0.25, -0.2) is 4.79 Å². The number of aromatic nitrogens is 2. The van der Waals surface area contributed by atoms with Gasteiger partial charge in [-0.05, 0) is 175 Å². The molecular formula is C72H89N7O7. The summed E-state index contributed by atoms with van der Waals surface area (Å²) in [5.74, 6) is 0.776. The summed E-state index contributed by atoms with van der Waals surface area (Å²) in [7, 11) is 1.79. The van der Waals surface area contributed by atoms with Crippen molar-refractivity contribution >= 4 is 62.3 Å². The van der Waals surface area contributed by atoms with Crippen LogP contribution >= 0.6 is 0 Å². The molecule has 3 atom stereocenters. The van der Waals surface area contributed by atoms with Crippen molar-refractivity contribution in [1.82, 2.24) is 14.9 Å². The summed E-state index contributed by atoms with van der Waals surface area (Å²) in [6.07, 6.45) is 9.72. The monoisotopic (exact) mass is 1160 g/mol. The van der Waals surface area contributed by atoms with Gasteiger partial charge in [0.1, 0.15) is 17.4 Å². The van der Waals surface area contributed by atoms with E-state index in [9.17, 15) is 24.0 Å². The Labute approximate surface area is 507 Å². The van der Waals surface area contributed by atoms with Crippen molar-refractivity contribution < 1.29 is 23.9 Å². The number of anilines is 4. The van der Waals surface area contributed by atoms with E-state index in [1.807, 2.05) is 62.4 Å². The third-order valence-corrected chi connectivity index (χ3v) is 18.3. The first kappa shape index (κ1) is 61.2. The second-order valence-corrected chi connectivity index (χ2v) is 25.2. The molecule has 5 aliphatic rings. The molecule has 7 aromatic rings. The zero-order chi connectivity index (χ0) is 61.1. The van der Waals surface area contributed by atoms with Crippen molar-refractivity contribution in [3.8, 4) is 5.75 Å². The first-order valence-electron chi connectivity index (χ1n) is 31.6. The normalized spacial score (nSPS) is 18.5. The van der Waals surface area contributed by atoms with Crippen LogP contribution in [0, 0.1) is 12.8 Å². The summed E-state index contributed by atoms with van der Waals surface area (Å²) < 4.78 is 13.0. The van der Waals surface area contributed by atoms with Crippen LogP contribution in [0.5, 0.6) is 5.75 Å². The Balaban J connectivity index is 0.000000143. The largest absolute Gasteiger partial charge is 0.492 e. The van der Waals surface area contributed by atoms with Crippen molar-refractivity contribution in [3.05, 3.63) is 168 Å². The number of aryl methyl sites for hydroxylation is 4. The summed E-state index contributed by atoms with van der Waals surface area (Å²) in [5.41, 5.74) is 15.7. The van der Waals surface area contributed by atoms with E-state index in [-0.39, 0.29) is 46.6 Å². The fourth-order valence-electron chi connectivity index (χ4n) is 14.5. The number of aromatic amines is 1. The molecule has 14 heteroatoms. The molecule has 3 unspecified atom stereocenters. The Bertz CT molecular complexity index is 3770. The highest BCUT2D eigenvalue weighted by Gasteiger charge is 2.43. The number of H-pyrrole nitrogens is 1. The molecule has 5 aliphatic heterocycles. The summed E-state index contributed by atoms with van der Waals surface area (Å²) in [6, 6.07) is 32.2. The van der Waals surface area contributed by atoms with Crippen LogP contribution in [0.4, 0.5) is 22.7 Å². The predicted octanol–water partition coefficient (Wildman–Crippen LogP) is 12.8. The van der Waals surface area contributed by atoms with Crippen LogP contribution < -0.4 is 40.8 Å². The third kappa shape index (κ3) is 12.3. The fraction of sp³-hybridized carbons (Fsp3) is 0.458. The van der Waals surface area contributed by atoms with Crippen molar-refractivity contribution in [3.63, 3.8) is 0 Å². The average molecular weight is 1160 g/mol. The van der Waals surface area contributed by atoms with E-state index in [1.54, 1.807) is 29.5 Å². The molecule has 14 nitrogen and oxygen atoms in total. The second kappa shape index (κ2) is 26.0. The van der Waals surface area contributed by atoms with Crippen LogP contribution in [0.1, 0.15) is 168 Å². The lowest BCUT2D eigenvalue weighted by atomic mass is 9.76. The number of nitrogens with zero attached hydrogens (tertiary/aromatic N) is 5. The van der Waals surface area contributed by atoms with E-state index < -0.39 is 12.0 Å². The van der Waals surface area contributed by atoms with Gasteiger partial charge < -0.3 is 43.9 Å². The van der Waals surface area contributed by atoms with Crippen molar-refractivity contribution in [2.24, 2.45) is 5.92 Å². The molecule has 2 amide bonds. The molecule has 0 radical (unpaired) electrons. The topological polar surface area (TPSA) is 150 Å². The number of benzene rings is 5. The molecule has 7 heterocycles. The van der Waals surface area contributed by atoms with E-state index in [0.717, 1.165) is 127 Å². The van der Waals surface area contributed by atoms with E-state index in [0.29, 0.717) is 31.4 Å². The standard InChI is InChI=1S/C25H31N3O3.C24H28N2O.C23H30N2O3/c1-4-31-22-15-19-20(16-21(22)28-13-9-6-10-14-28)27(3)25(30)24(26-17(2)29)23(19)18-11-7-5-8-12-18;1-16(2)15-26-11-7-10-19-13-20-17(3)21(12-18-8-5-4-6-9-18)24(27)25-22(20)14-23(19)26;1-6-24-19-15(12-18(21(24)26)22(27)28-7-2)11-17-14(3)13-23(4,5)25-10-8-9-16(19)20(17)25/h5,7-8,11-12,15-16,23-24H,4,6,9-10,13-14H2,1-3H3,(H,26,29);4-6,8-9,13-14,16H,7,10-12,15H2,1-3H3,(H,25,27);11-12,14H,6-10,13H2,1-5H3. The number of amides is 2. The number of nitrogens with one attached hydrogen (secondary N) is 2. The number of hydrogen-bond donors (Lipinski definition) is 2. The highest BCUT2D eigenvalue weighted by molar-refractivity contribution is 6.04. The van der Waals surface area contributed by atoms with Gasteiger partial charge in [0, 0.05) is 110 Å². The van der Waals surface area contributed by atoms with Gasteiger partial charge in [0.25, 0.3) is 11.1 Å². The highest BCUT2D eigenvalue weighted by Crippen LogP contribution is 2.50. The predicted molar refractivity (Wildman–Crippen MR) is 350 cm³/mol. The molecule has 5 aromatic carbocycles. The number of ether oxygens (including phenoxy) is 2. The maximum Gasteiger partial charge on any atom is 0.343 e. The van der Waals surface area contributed by atoms with Gasteiger partial charge in [-0.15, -0.1) is 0 Å². The Kier molecular flexibility index (Phi) is 18.5. The van der Waals surface area contributed by atoms with Gasteiger partial charge in [0.2, 0.25) is 11.8 Å². The summed E-state index contributed by atoms with van der Waals surface area (Å²) >= 11 is 0.